The Morgan fingerprint density at radius 1 is 1.42 bits per heavy atom. The Kier molecular flexibility index (Phi) is 5.12. The van der Waals surface area contributed by atoms with Gasteiger partial charge >= 0.3 is 0 Å². The molecule has 0 aliphatic rings. The Hall–Kier alpha value is -1.65. The van der Waals surface area contributed by atoms with Gasteiger partial charge in [0.05, 0.1) is 6.04 Å². The maximum Gasteiger partial charge on any atom is 0.119 e. The number of hydrogen-bond donors (Lipinski definition) is 1. The van der Waals surface area contributed by atoms with Crippen molar-refractivity contribution >= 4 is 11.3 Å². The summed E-state index contributed by atoms with van der Waals surface area (Å²) in [6.45, 7) is 7.11. The van der Waals surface area contributed by atoms with Crippen LogP contribution in [0.4, 0.5) is 0 Å². The molecule has 0 radical (unpaired) electrons. The van der Waals surface area contributed by atoms with Crippen molar-refractivity contribution in [2.75, 3.05) is 6.61 Å². The smallest absolute Gasteiger partial charge is 0.119 e. The average Bonchev–Trinajstić information content (AvgIpc) is 2.98. The molecule has 2 rings (SSSR count). The van der Waals surface area contributed by atoms with Crippen molar-refractivity contribution in [3.63, 3.8) is 0 Å². The lowest BCUT2D eigenvalue weighted by molar-refractivity contribution is 0.363. The van der Waals surface area contributed by atoms with Crippen LogP contribution in [0.1, 0.15) is 23.5 Å². The molecule has 0 spiro atoms. The standard InChI is InChI=1S/C15H18N2OS/c1-3-9-18-14-6-4-13(5-7-14)11-17-12(2)15-16-8-10-19-15/h3-8,10,12,17H,1,9,11H2,2H3/t12-/m0/s1. The third-order valence-electron chi connectivity index (χ3n) is 2.73. The summed E-state index contributed by atoms with van der Waals surface area (Å²) in [7, 11) is 0. The first-order chi connectivity index (χ1) is 9.29. The molecule has 0 aliphatic heterocycles. The van der Waals surface area contributed by atoms with Gasteiger partial charge < -0.3 is 10.1 Å². The van der Waals surface area contributed by atoms with Crippen LogP contribution in [-0.2, 0) is 6.54 Å². The van der Waals surface area contributed by atoms with Crippen LogP contribution < -0.4 is 10.1 Å². The van der Waals surface area contributed by atoms with Gasteiger partial charge in [0.15, 0.2) is 0 Å². The van der Waals surface area contributed by atoms with Gasteiger partial charge in [-0.2, -0.15) is 0 Å². The number of thiazole rings is 1. The molecule has 0 saturated heterocycles. The van der Waals surface area contributed by atoms with E-state index in [-0.39, 0.29) is 6.04 Å². The van der Waals surface area contributed by atoms with Gasteiger partial charge in [-0.3, -0.25) is 0 Å². The zero-order chi connectivity index (χ0) is 13.5. The fourth-order valence-corrected chi connectivity index (χ4v) is 2.34. The van der Waals surface area contributed by atoms with Crippen LogP contribution in [-0.4, -0.2) is 11.6 Å². The summed E-state index contributed by atoms with van der Waals surface area (Å²) in [6.07, 6.45) is 3.58. The molecular weight excluding hydrogens is 256 g/mol. The van der Waals surface area contributed by atoms with E-state index < -0.39 is 0 Å². The molecule has 4 heteroatoms. The van der Waals surface area contributed by atoms with E-state index in [0.29, 0.717) is 6.61 Å². The molecule has 1 heterocycles. The van der Waals surface area contributed by atoms with Crippen molar-refractivity contribution in [2.24, 2.45) is 0 Å². The lowest BCUT2D eigenvalue weighted by atomic mass is 10.2. The van der Waals surface area contributed by atoms with Crippen molar-refractivity contribution in [3.8, 4) is 5.75 Å². The third-order valence-corrected chi connectivity index (χ3v) is 3.68. The van der Waals surface area contributed by atoms with Crippen LogP contribution in [0, 0.1) is 0 Å². The van der Waals surface area contributed by atoms with Crippen LogP contribution in [0.5, 0.6) is 5.75 Å². The van der Waals surface area contributed by atoms with Gasteiger partial charge in [0.1, 0.15) is 17.4 Å². The molecule has 19 heavy (non-hydrogen) atoms. The zero-order valence-electron chi connectivity index (χ0n) is 11.0. The Morgan fingerprint density at radius 3 is 2.84 bits per heavy atom. The first kappa shape index (κ1) is 13.8. The summed E-state index contributed by atoms with van der Waals surface area (Å²) in [5, 5.41) is 6.57. The first-order valence-corrected chi connectivity index (χ1v) is 7.13. The molecule has 0 saturated carbocycles. The monoisotopic (exact) mass is 274 g/mol. The summed E-state index contributed by atoms with van der Waals surface area (Å²) in [6, 6.07) is 8.38. The summed E-state index contributed by atoms with van der Waals surface area (Å²) in [5.41, 5.74) is 1.23. The molecule has 0 unspecified atom stereocenters. The predicted molar refractivity (Wildman–Crippen MR) is 79.5 cm³/mol. The van der Waals surface area contributed by atoms with E-state index in [1.807, 2.05) is 23.7 Å². The van der Waals surface area contributed by atoms with Gasteiger partial charge in [0.25, 0.3) is 0 Å². The van der Waals surface area contributed by atoms with Crippen molar-refractivity contribution in [1.82, 2.24) is 10.3 Å². The van der Waals surface area contributed by atoms with E-state index in [4.69, 9.17) is 4.74 Å². The quantitative estimate of drug-likeness (QED) is 0.784. The highest BCUT2D eigenvalue weighted by molar-refractivity contribution is 7.09. The lowest BCUT2D eigenvalue weighted by Crippen LogP contribution is -2.17. The van der Waals surface area contributed by atoms with E-state index in [1.165, 1.54) is 5.56 Å². The van der Waals surface area contributed by atoms with Crippen LogP contribution in [0.3, 0.4) is 0 Å². The highest BCUT2D eigenvalue weighted by atomic mass is 32.1. The van der Waals surface area contributed by atoms with E-state index in [9.17, 15) is 0 Å². The summed E-state index contributed by atoms with van der Waals surface area (Å²) < 4.78 is 5.45. The van der Waals surface area contributed by atoms with Gasteiger partial charge in [0, 0.05) is 18.1 Å². The van der Waals surface area contributed by atoms with Gasteiger partial charge in [-0.15, -0.1) is 11.3 Å². The second-order valence-electron chi connectivity index (χ2n) is 4.22. The van der Waals surface area contributed by atoms with Gasteiger partial charge in [0.2, 0.25) is 0 Å². The Balaban J connectivity index is 1.84. The van der Waals surface area contributed by atoms with Crippen LogP contribution in [0.15, 0.2) is 48.5 Å². The van der Waals surface area contributed by atoms with E-state index >= 15 is 0 Å². The predicted octanol–water partition coefficient (Wildman–Crippen LogP) is 3.56. The van der Waals surface area contributed by atoms with Crippen molar-refractivity contribution in [2.45, 2.75) is 19.5 Å². The molecule has 0 bridgehead atoms. The maximum absolute atomic E-state index is 5.45. The molecule has 100 valence electrons. The SMILES string of the molecule is C=CCOc1ccc(CN[C@@H](C)c2nccs2)cc1. The average molecular weight is 274 g/mol. The minimum absolute atomic E-state index is 0.275. The van der Waals surface area contributed by atoms with Crippen LogP contribution in [0.25, 0.3) is 0 Å². The highest BCUT2D eigenvalue weighted by Crippen LogP contribution is 2.16. The second kappa shape index (κ2) is 7.07. The van der Waals surface area contributed by atoms with E-state index in [1.54, 1.807) is 17.4 Å². The number of rotatable bonds is 7. The maximum atomic E-state index is 5.45. The molecular formula is C15H18N2OS. The Labute approximate surface area is 118 Å². The van der Waals surface area contributed by atoms with Crippen molar-refractivity contribution < 1.29 is 4.74 Å². The fourth-order valence-electron chi connectivity index (χ4n) is 1.67. The summed E-state index contributed by atoms with van der Waals surface area (Å²) in [4.78, 5) is 4.30. The number of nitrogens with one attached hydrogen (secondary N) is 1. The molecule has 3 nitrogen and oxygen atoms in total. The highest BCUT2D eigenvalue weighted by Gasteiger charge is 2.06. The Morgan fingerprint density at radius 2 is 2.21 bits per heavy atom. The fraction of sp³-hybridized carbons (Fsp3) is 0.267. The van der Waals surface area contributed by atoms with E-state index in [2.05, 4.69) is 35.9 Å². The number of nitrogens with zero attached hydrogens (tertiary/aromatic N) is 1. The number of ether oxygens (including phenoxy) is 1. The largest absolute Gasteiger partial charge is 0.490 e. The summed E-state index contributed by atoms with van der Waals surface area (Å²) in [5.74, 6) is 0.872. The lowest BCUT2D eigenvalue weighted by Gasteiger charge is -2.11. The zero-order valence-corrected chi connectivity index (χ0v) is 11.8. The molecule has 2 aromatic rings. The molecule has 0 amide bonds. The molecule has 1 aromatic carbocycles. The molecule has 1 atom stereocenters. The van der Waals surface area contributed by atoms with Crippen LogP contribution >= 0.6 is 11.3 Å². The summed E-state index contributed by atoms with van der Waals surface area (Å²) >= 11 is 1.67. The molecule has 1 N–H and O–H groups in total. The topological polar surface area (TPSA) is 34.1 Å². The Bertz CT molecular complexity index is 493. The number of benzene rings is 1. The minimum Gasteiger partial charge on any atom is -0.490 e. The second-order valence-corrected chi connectivity index (χ2v) is 5.14. The molecule has 0 aliphatic carbocycles. The minimum atomic E-state index is 0.275. The third kappa shape index (κ3) is 4.19. The van der Waals surface area contributed by atoms with Gasteiger partial charge in [-0.05, 0) is 24.6 Å². The van der Waals surface area contributed by atoms with E-state index in [0.717, 1.165) is 17.3 Å². The first-order valence-electron chi connectivity index (χ1n) is 6.25. The van der Waals surface area contributed by atoms with Crippen LogP contribution in [0.2, 0.25) is 0 Å². The molecule has 0 fully saturated rings. The van der Waals surface area contributed by atoms with Gasteiger partial charge in [-0.1, -0.05) is 24.8 Å². The number of aromatic nitrogens is 1. The van der Waals surface area contributed by atoms with Crippen molar-refractivity contribution in [3.05, 3.63) is 59.1 Å². The molecule has 1 aromatic heterocycles. The van der Waals surface area contributed by atoms with Crippen molar-refractivity contribution in [1.29, 1.82) is 0 Å². The van der Waals surface area contributed by atoms with Gasteiger partial charge in [-0.25, -0.2) is 4.98 Å². The normalized spacial score (nSPS) is 12.1. The number of hydrogen-bond acceptors (Lipinski definition) is 4.